The molecule has 0 aliphatic carbocycles. The van der Waals surface area contributed by atoms with Crippen LogP contribution in [0.2, 0.25) is 0 Å². The van der Waals surface area contributed by atoms with Crippen molar-refractivity contribution in [3.8, 4) is 12.3 Å². The highest BCUT2D eigenvalue weighted by molar-refractivity contribution is 5.97. The van der Waals surface area contributed by atoms with Crippen molar-refractivity contribution >= 4 is 11.9 Å². The molecule has 2 N–H and O–H groups in total. The molecule has 0 spiro atoms. The molecular weight excluding hydrogens is 306 g/mol. The molecule has 6 nitrogen and oxygen atoms in total. The summed E-state index contributed by atoms with van der Waals surface area (Å²) in [5.41, 5.74) is 3.62. The smallest absolute Gasteiger partial charge is 0.328 e. The van der Waals surface area contributed by atoms with E-state index < -0.39 is 12.0 Å². The molecule has 1 amide bonds. The lowest BCUT2D eigenvalue weighted by Gasteiger charge is -2.16. The van der Waals surface area contributed by atoms with Crippen LogP contribution in [0.5, 0.6) is 0 Å². The Balaban J connectivity index is 2.21. The Bertz CT molecular complexity index is 765. The zero-order chi connectivity index (χ0) is 17.7. The molecule has 0 unspecified atom stereocenters. The number of H-pyrrole nitrogens is 1. The lowest BCUT2D eigenvalue weighted by atomic mass is 9.99. The number of amides is 1. The van der Waals surface area contributed by atoms with Crippen LogP contribution in [0.1, 0.15) is 32.7 Å². The Hall–Kier alpha value is -3.07. The lowest BCUT2D eigenvalue weighted by molar-refractivity contribution is -0.142. The van der Waals surface area contributed by atoms with Gasteiger partial charge in [0.2, 0.25) is 0 Å². The number of carbonyl (C=O) groups is 2. The summed E-state index contributed by atoms with van der Waals surface area (Å²) in [6.45, 7) is 3.70. The maximum absolute atomic E-state index is 12.5. The van der Waals surface area contributed by atoms with Crippen LogP contribution in [0.3, 0.4) is 0 Å². The SMILES string of the molecule is C#Cc1c(C)cc(C(=O)N[C@H](Cc2cnc[nH]2)C(=O)OC)cc1C. The zero-order valence-corrected chi connectivity index (χ0v) is 13.8. The minimum Gasteiger partial charge on any atom is -0.467 e. The minimum absolute atomic E-state index is 0.263. The summed E-state index contributed by atoms with van der Waals surface area (Å²) in [6.07, 6.45) is 8.84. The molecule has 2 rings (SSSR count). The van der Waals surface area contributed by atoms with E-state index in [-0.39, 0.29) is 12.3 Å². The van der Waals surface area contributed by atoms with E-state index in [9.17, 15) is 9.59 Å². The number of carbonyl (C=O) groups excluding carboxylic acids is 2. The van der Waals surface area contributed by atoms with E-state index in [0.717, 1.165) is 22.4 Å². The molecule has 1 heterocycles. The number of aryl methyl sites for hydroxylation is 2. The second-order valence-corrected chi connectivity index (χ2v) is 5.46. The molecule has 1 aromatic heterocycles. The van der Waals surface area contributed by atoms with E-state index >= 15 is 0 Å². The van der Waals surface area contributed by atoms with E-state index in [1.807, 2.05) is 13.8 Å². The van der Waals surface area contributed by atoms with E-state index in [4.69, 9.17) is 11.2 Å². The second kappa shape index (κ2) is 7.47. The van der Waals surface area contributed by atoms with Gasteiger partial charge in [-0.25, -0.2) is 9.78 Å². The highest BCUT2D eigenvalue weighted by atomic mass is 16.5. The van der Waals surface area contributed by atoms with Gasteiger partial charge in [-0.3, -0.25) is 4.79 Å². The number of aromatic nitrogens is 2. The highest BCUT2D eigenvalue weighted by Crippen LogP contribution is 2.16. The fourth-order valence-electron chi connectivity index (χ4n) is 2.52. The number of methoxy groups -OCH3 is 1. The molecule has 0 saturated heterocycles. The van der Waals surface area contributed by atoms with Gasteiger partial charge in [-0.05, 0) is 37.1 Å². The predicted molar refractivity (Wildman–Crippen MR) is 89.4 cm³/mol. The number of hydrogen-bond acceptors (Lipinski definition) is 4. The van der Waals surface area contributed by atoms with Gasteiger partial charge in [0, 0.05) is 29.4 Å². The summed E-state index contributed by atoms with van der Waals surface area (Å²) >= 11 is 0. The standard InChI is InChI=1S/C18H19N3O3/c1-5-15-11(2)6-13(7-12(15)3)17(22)21-16(18(23)24-4)8-14-9-19-10-20-14/h1,6-7,9-10,16H,8H2,2-4H3,(H,19,20)(H,21,22)/t16-/m1/s1. The van der Waals surface area contributed by atoms with Crippen molar-refractivity contribution in [3.05, 3.63) is 52.6 Å². The number of hydrogen-bond donors (Lipinski definition) is 2. The van der Waals surface area contributed by atoms with Crippen LogP contribution in [0.4, 0.5) is 0 Å². The van der Waals surface area contributed by atoms with E-state index in [0.29, 0.717) is 5.56 Å². The molecule has 124 valence electrons. The number of rotatable bonds is 5. The van der Waals surface area contributed by atoms with Gasteiger partial charge in [-0.2, -0.15) is 0 Å². The molecule has 0 fully saturated rings. The van der Waals surface area contributed by atoms with Crippen molar-refractivity contribution in [3.63, 3.8) is 0 Å². The number of nitrogens with one attached hydrogen (secondary N) is 2. The van der Waals surface area contributed by atoms with E-state index in [1.165, 1.54) is 13.4 Å². The van der Waals surface area contributed by atoms with Gasteiger partial charge < -0.3 is 15.0 Å². The Morgan fingerprint density at radius 1 is 1.38 bits per heavy atom. The van der Waals surface area contributed by atoms with Crippen LogP contribution >= 0.6 is 0 Å². The summed E-state index contributed by atoms with van der Waals surface area (Å²) in [5.74, 6) is 1.73. The lowest BCUT2D eigenvalue weighted by Crippen LogP contribution is -2.43. The molecule has 6 heteroatoms. The summed E-state index contributed by atoms with van der Waals surface area (Å²) < 4.78 is 4.77. The van der Waals surface area contributed by atoms with Gasteiger partial charge in [0.15, 0.2) is 0 Å². The number of ether oxygens (including phenoxy) is 1. The molecule has 0 aliphatic rings. The fraction of sp³-hybridized carbons (Fsp3) is 0.278. The summed E-state index contributed by atoms with van der Waals surface area (Å²) in [5, 5.41) is 2.70. The van der Waals surface area contributed by atoms with Crippen LogP contribution in [0.15, 0.2) is 24.7 Å². The highest BCUT2D eigenvalue weighted by Gasteiger charge is 2.23. The number of terminal acetylenes is 1. The first-order valence-corrected chi connectivity index (χ1v) is 7.40. The Morgan fingerprint density at radius 3 is 2.54 bits per heavy atom. The molecular formula is C18H19N3O3. The maximum Gasteiger partial charge on any atom is 0.328 e. The fourth-order valence-corrected chi connectivity index (χ4v) is 2.52. The normalized spacial score (nSPS) is 11.4. The first-order chi connectivity index (χ1) is 11.5. The topological polar surface area (TPSA) is 84.1 Å². The van der Waals surface area contributed by atoms with Gasteiger partial charge in [0.1, 0.15) is 6.04 Å². The van der Waals surface area contributed by atoms with E-state index in [2.05, 4.69) is 21.2 Å². The molecule has 24 heavy (non-hydrogen) atoms. The molecule has 0 radical (unpaired) electrons. The van der Waals surface area contributed by atoms with Crippen LogP contribution in [0.25, 0.3) is 0 Å². The van der Waals surface area contributed by atoms with E-state index in [1.54, 1.807) is 18.3 Å². The summed E-state index contributed by atoms with van der Waals surface area (Å²) in [7, 11) is 1.28. The Morgan fingerprint density at radius 2 is 2.04 bits per heavy atom. The van der Waals surface area contributed by atoms with Crippen molar-refractivity contribution in [1.82, 2.24) is 15.3 Å². The third-order valence-corrected chi connectivity index (χ3v) is 3.71. The average Bonchev–Trinajstić information content (AvgIpc) is 3.06. The van der Waals surface area contributed by atoms with Crippen molar-refractivity contribution in [2.75, 3.05) is 7.11 Å². The minimum atomic E-state index is -0.809. The second-order valence-electron chi connectivity index (χ2n) is 5.46. The number of benzene rings is 1. The van der Waals surface area contributed by atoms with Crippen molar-refractivity contribution in [2.24, 2.45) is 0 Å². The van der Waals surface area contributed by atoms with Crippen molar-refractivity contribution < 1.29 is 14.3 Å². The van der Waals surface area contributed by atoms with Crippen LogP contribution in [-0.2, 0) is 16.0 Å². The molecule has 2 aromatic rings. The maximum atomic E-state index is 12.5. The van der Waals surface area contributed by atoms with Gasteiger partial charge in [-0.15, -0.1) is 6.42 Å². The van der Waals surface area contributed by atoms with Gasteiger partial charge >= 0.3 is 5.97 Å². The van der Waals surface area contributed by atoms with Crippen molar-refractivity contribution in [1.29, 1.82) is 0 Å². The van der Waals surface area contributed by atoms with Gasteiger partial charge in [0.05, 0.1) is 13.4 Å². The van der Waals surface area contributed by atoms with Crippen molar-refractivity contribution in [2.45, 2.75) is 26.3 Å². The molecule has 0 aliphatic heterocycles. The number of esters is 1. The first kappa shape index (κ1) is 17.3. The van der Waals surface area contributed by atoms with Gasteiger partial charge in [0.25, 0.3) is 5.91 Å². The predicted octanol–water partition coefficient (Wildman–Crippen LogP) is 1.52. The monoisotopic (exact) mass is 325 g/mol. The third kappa shape index (κ3) is 3.82. The average molecular weight is 325 g/mol. The third-order valence-electron chi connectivity index (χ3n) is 3.71. The number of aromatic amines is 1. The van der Waals surface area contributed by atoms with Crippen LogP contribution in [-0.4, -0.2) is 35.0 Å². The van der Waals surface area contributed by atoms with Crippen LogP contribution in [0, 0.1) is 26.2 Å². The first-order valence-electron chi connectivity index (χ1n) is 7.40. The Labute approximate surface area is 140 Å². The summed E-state index contributed by atoms with van der Waals surface area (Å²) in [6, 6.07) is 2.61. The molecule has 0 bridgehead atoms. The zero-order valence-electron chi connectivity index (χ0n) is 13.8. The molecule has 1 aromatic carbocycles. The number of imidazole rings is 1. The summed E-state index contributed by atoms with van der Waals surface area (Å²) in [4.78, 5) is 31.3. The quantitative estimate of drug-likeness (QED) is 0.645. The van der Waals surface area contributed by atoms with Crippen LogP contribution < -0.4 is 5.32 Å². The Kier molecular flexibility index (Phi) is 5.38. The molecule has 0 saturated carbocycles. The number of nitrogens with zero attached hydrogens (tertiary/aromatic N) is 1. The largest absolute Gasteiger partial charge is 0.467 e. The van der Waals surface area contributed by atoms with Gasteiger partial charge in [-0.1, -0.05) is 5.92 Å². The molecule has 1 atom stereocenters.